The summed E-state index contributed by atoms with van der Waals surface area (Å²) in [6.45, 7) is 1.54. The van der Waals surface area contributed by atoms with Crippen LogP contribution in [0.5, 0.6) is 0 Å². The van der Waals surface area contributed by atoms with Crippen molar-refractivity contribution in [3.8, 4) is 0 Å². The van der Waals surface area contributed by atoms with Crippen LogP contribution < -0.4 is 4.90 Å². The highest BCUT2D eigenvalue weighted by atomic mass is 79.9. The molecule has 122 valence electrons. The molecule has 3 rings (SSSR count). The van der Waals surface area contributed by atoms with Gasteiger partial charge in [-0.3, -0.25) is 0 Å². The Balaban J connectivity index is 2.24. The zero-order valence-corrected chi connectivity index (χ0v) is 16.7. The largest absolute Gasteiger partial charge is 0.338 e. The number of hydrogen-bond acceptors (Lipinski definition) is 4. The first-order valence-electron chi connectivity index (χ1n) is 7.07. The SMILES string of the molecule is CN(C)CCN1c2ccc(Br)cc2S(=O)(=O)c2cc(Br)ccc21. The van der Waals surface area contributed by atoms with Gasteiger partial charge in [-0.15, -0.1) is 0 Å². The lowest BCUT2D eigenvalue weighted by atomic mass is 10.2. The predicted molar refractivity (Wildman–Crippen MR) is 99.3 cm³/mol. The number of sulfone groups is 1. The lowest BCUT2D eigenvalue weighted by Crippen LogP contribution is -2.32. The van der Waals surface area contributed by atoms with Crippen LogP contribution in [0.1, 0.15) is 0 Å². The van der Waals surface area contributed by atoms with Gasteiger partial charge >= 0.3 is 0 Å². The van der Waals surface area contributed by atoms with Gasteiger partial charge in [0.15, 0.2) is 0 Å². The van der Waals surface area contributed by atoms with Crippen LogP contribution in [0.4, 0.5) is 11.4 Å². The Morgan fingerprint density at radius 3 is 1.87 bits per heavy atom. The van der Waals surface area contributed by atoms with Gasteiger partial charge in [-0.2, -0.15) is 0 Å². The maximum Gasteiger partial charge on any atom is 0.210 e. The molecule has 0 fully saturated rings. The Labute approximate surface area is 153 Å². The van der Waals surface area contributed by atoms with Gasteiger partial charge < -0.3 is 9.80 Å². The molecule has 0 aromatic heterocycles. The first-order chi connectivity index (χ1) is 10.8. The topological polar surface area (TPSA) is 40.6 Å². The monoisotopic (exact) mass is 458 g/mol. The van der Waals surface area contributed by atoms with Crippen molar-refractivity contribution >= 4 is 53.1 Å². The molecule has 2 aromatic rings. The van der Waals surface area contributed by atoms with Gasteiger partial charge in [0.25, 0.3) is 0 Å². The second-order valence-corrected chi connectivity index (χ2v) is 9.40. The van der Waals surface area contributed by atoms with E-state index in [1.807, 2.05) is 38.4 Å². The summed E-state index contributed by atoms with van der Waals surface area (Å²) in [5.74, 6) is 0. The second kappa shape index (κ2) is 6.20. The van der Waals surface area contributed by atoms with E-state index in [2.05, 4.69) is 41.7 Å². The van der Waals surface area contributed by atoms with Gasteiger partial charge in [-0.25, -0.2) is 8.42 Å². The van der Waals surface area contributed by atoms with Gasteiger partial charge in [0.05, 0.1) is 21.2 Å². The smallest absolute Gasteiger partial charge is 0.210 e. The lowest BCUT2D eigenvalue weighted by Gasteiger charge is -2.33. The minimum absolute atomic E-state index is 0.344. The summed E-state index contributed by atoms with van der Waals surface area (Å²) >= 11 is 6.76. The summed E-state index contributed by atoms with van der Waals surface area (Å²) in [5, 5.41) is 0. The number of anilines is 2. The first kappa shape index (κ1) is 17.0. The second-order valence-electron chi connectivity index (χ2n) is 5.68. The highest BCUT2D eigenvalue weighted by Crippen LogP contribution is 2.45. The van der Waals surface area contributed by atoms with Crippen LogP contribution in [-0.2, 0) is 9.84 Å². The van der Waals surface area contributed by atoms with E-state index in [1.54, 1.807) is 12.1 Å². The normalized spacial score (nSPS) is 15.4. The fourth-order valence-electron chi connectivity index (χ4n) is 2.64. The van der Waals surface area contributed by atoms with Gasteiger partial charge in [-0.1, -0.05) is 31.9 Å². The minimum atomic E-state index is -3.53. The molecule has 0 saturated carbocycles. The predicted octanol–water partition coefficient (Wildman–Crippen LogP) is 4.06. The van der Waals surface area contributed by atoms with Crippen LogP contribution in [0, 0.1) is 0 Å². The molecule has 0 spiro atoms. The van der Waals surface area contributed by atoms with E-state index in [-0.39, 0.29) is 0 Å². The number of rotatable bonds is 3. The zero-order valence-electron chi connectivity index (χ0n) is 12.8. The molecular weight excluding hydrogens is 444 g/mol. The standard InChI is InChI=1S/C16H16Br2N2O2S/c1-19(2)7-8-20-13-5-3-11(17)9-15(13)23(21,22)16-10-12(18)4-6-14(16)20/h3-6,9-10H,7-8H2,1-2H3. The third kappa shape index (κ3) is 3.07. The highest BCUT2D eigenvalue weighted by molar-refractivity contribution is 9.10. The quantitative estimate of drug-likeness (QED) is 0.693. The summed E-state index contributed by atoms with van der Waals surface area (Å²) in [5.41, 5.74) is 1.45. The Hall–Kier alpha value is -0.890. The molecule has 0 bridgehead atoms. The van der Waals surface area contributed by atoms with Crippen molar-refractivity contribution < 1.29 is 8.42 Å². The van der Waals surface area contributed by atoms with Gasteiger partial charge in [0.2, 0.25) is 9.84 Å². The minimum Gasteiger partial charge on any atom is -0.338 e. The molecule has 0 radical (unpaired) electrons. The Morgan fingerprint density at radius 2 is 1.43 bits per heavy atom. The first-order valence-corrected chi connectivity index (χ1v) is 10.1. The van der Waals surface area contributed by atoms with Crippen LogP contribution in [0.15, 0.2) is 55.1 Å². The van der Waals surface area contributed by atoms with Gasteiger partial charge in [0.1, 0.15) is 0 Å². The summed E-state index contributed by atoms with van der Waals surface area (Å²) in [4.78, 5) is 4.84. The van der Waals surface area contributed by atoms with E-state index in [4.69, 9.17) is 0 Å². The van der Waals surface area contributed by atoms with Crippen molar-refractivity contribution in [3.63, 3.8) is 0 Å². The molecule has 7 heteroatoms. The molecule has 1 heterocycles. The average molecular weight is 460 g/mol. The van der Waals surface area contributed by atoms with Gasteiger partial charge in [0, 0.05) is 22.0 Å². The molecule has 1 aliphatic heterocycles. The van der Waals surface area contributed by atoms with Crippen molar-refractivity contribution in [2.45, 2.75) is 9.79 Å². The van der Waals surface area contributed by atoms with Gasteiger partial charge in [-0.05, 0) is 50.5 Å². The van der Waals surface area contributed by atoms with E-state index >= 15 is 0 Å². The number of likely N-dealkylation sites (N-methyl/N-ethyl adjacent to an activating group) is 1. The fraction of sp³-hybridized carbons (Fsp3) is 0.250. The van der Waals surface area contributed by atoms with E-state index in [0.29, 0.717) is 16.3 Å². The summed E-state index contributed by atoms with van der Waals surface area (Å²) in [6.07, 6.45) is 0. The Kier molecular flexibility index (Phi) is 4.57. The van der Waals surface area contributed by atoms with Crippen LogP contribution in [0.3, 0.4) is 0 Å². The Bertz CT molecular complexity index is 807. The number of nitrogens with zero attached hydrogens (tertiary/aromatic N) is 2. The summed E-state index contributed by atoms with van der Waals surface area (Å²) in [6, 6.07) is 10.8. The molecule has 0 atom stereocenters. The fourth-order valence-corrected chi connectivity index (χ4v) is 5.38. The van der Waals surface area contributed by atoms with Crippen molar-refractivity contribution in [1.29, 1.82) is 0 Å². The molecule has 23 heavy (non-hydrogen) atoms. The molecule has 4 nitrogen and oxygen atoms in total. The lowest BCUT2D eigenvalue weighted by molar-refractivity contribution is 0.418. The number of halogens is 2. The van der Waals surface area contributed by atoms with Crippen molar-refractivity contribution in [1.82, 2.24) is 4.90 Å². The van der Waals surface area contributed by atoms with Crippen LogP contribution in [0.2, 0.25) is 0 Å². The van der Waals surface area contributed by atoms with E-state index in [1.165, 1.54) is 0 Å². The van der Waals surface area contributed by atoms with Crippen LogP contribution in [-0.4, -0.2) is 40.5 Å². The molecule has 0 amide bonds. The Morgan fingerprint density at radius 1 is 0.957 bits per heavy atom. The number of fused-ring (bicyclic) bond motifs is 2. The van der Waals surface area contributed by atoms with Crippen LogP contribution in [0.25, 0.3) is 0 Å². The van der Waals surface area contributed by atoms with E-state index in [9.17, 15) is 8.42 Å². The van der Waals surface area contributed by atoms with Crippen molar-refractivity contribution in [2.75, 3.05) is 32.1 Å². The number of hydrogen-bond donors (Lipinski definition) is 0. The third-order valence-corrected chi connectivity index (χ3v) is 6.57. The molecule has 0 aliphatic carbocycles. The zero-order chi connectivity index (χ0) is 16.8. The average Bonchev–Trinajstić information content (AvgIpc) is 2.48. The molecule has 1 aliphatic rings. The molecule has 0 N–H and O–H groups in total. The molecule has 0 saturated heterocycles. The summed E-state index contributed by atoms with van der Waals surface area (Å²) in [7, 11) is 0.478. The van der Waals surface area contributed by atoms with Crippen LogP contribution >= 0.6 is 31.9 Å². The maximum absolute atomic E-state index is 13.0. The third-order valence-electron chi connectivity index (χ3n) is 3.78. The van der Waals surface area contributed by atoms with Crippen molar-refractivity contribution in [3.05, 3.63) is 45.3 Å². The van der Waals surface area contributed by atoms with E-state index in [0.717, 1.165) is 26.9 Å². The summed E-state index contributed by atoms with van der Waals surface area (Å²) < 4.78 is 27.5. The maximum atomic E-state index is 13.0. The van der Waals surface area contributed by atoms with Crippen molar-refractivity contribution in [2.24, 2.45) is 0 Å². The highest BCUT2D eigenvalue weighted by Gasteiger charge is 2.34. The molecule has 0 unspecified atom stereocenters. The molecule has 2 aromatic carbocycles. The van der Waals surface area contributed by atoms with E-state index < -0.39 is 9.84 Å². The number of benzene rings is 2. The molecular formula is C16H16Br2N2O2S.